The summed E-state index contributed by atoms with van der Waals surface area (Å²) >= 11 is 1.53. The van der Waals surface area contributed by atoms with Crippen LogP contribution in [0.25, 0.3) is 0 Å². The Bertz CT molecular complexity index is 1120. The molecular weight excluding hydrogens is 486 g/mol. The lowest BCUT2D eigenvalue weighted by molar-refractivity contribution is -0.146. The summed E-state index contributed by atoms with van der Waals surface area (Å²) in [6, 6.07) is 28.0. The lowest BCUT2D eigenvalue weighted by Gasteiger charge is -2.24. The van der Waals surface area contributed by atoms with Crippen LogP contribution in [-0.2, 0) is 37.7 Å². The van der Waals surface area contributed by atoms with E-state index in [9.17, 15) is 19.5 Å². The highest BCUT2D eigenvalue weighted by Gasteiger charge is 2.31. The fourth-order valence-corrected chi connectivity index (χ4v) is 5.17. The number of carboxylic acids is 1. The molecule has 0 spiro atoms. The zero-order valence-electron chi connectivity index (χ0n) is 20.9. The van der Waals surface area contributed by atoms with Gasteiger partial charge in [-0.3, -0.25) is 9.59 Å². The van der Waals surface area contributed by atoms with Gasteiger partial charge in [0.2, 0.25) is 5.91 Å². The number of rotatable bonds is 14. The van der Waals surface area contributed by atoms with Gasteiger partial charge >= 0.3 is 11.9 Å². The number of benzene rings is 3. The number of hydrogen-bond acceptors (Lipinski definition) is 5. The van der Waals surface area contributed by atoms with Gasteiger partial charge in [-0.15, -0.1) is 0 Å². The number of thioether (sulfide) groups is 1. The van der Waals surface area contributed by atoms with Crippen LogP contribution < -0.4 is 5.32 Å². The molecule has 0 fully saturated rings. The lowest BCUT2D eigenvalue weighted by atomic mass is 9.85. The van der Waals surface area contributed by atoms with Crippen LogP contribution in [-0.4, -0.2) is 41.9 Å². The van der Waals surface area contributed by atoms with Crippen molar-refractivity contribution in [1.82, 2.24) is 5.32 Å². The first-order chi connectivity index (χ1) is 18.0. The summed E-state index contributed by atoms with van der Waals surface area (Å²) < 4.78 is 4.95. The second-order valence-electron chi connectivity index (χ2n) is 8.93. The third kappa shape index (κ3) is 9.42. The van der Waals surface area contributed by atoms with Gasteiger partial charge in [-0.05, 0) is 36.0 Å². The average molecular weight is 520 g/mol. The number of methoxy groups -OCH3 is 1. The maximum atomic E-state index is 13.5. The summed E-state index contributed by atoms with van der Waals surface area (Å²) in [6.45, 7) is 0. The molecule has 3 atom stereocenters. The van der Waals surface area contributed by atoms with Crippen LogP contribution in [0.1, 0.15) is 23.1 Å². The van der Waals surface area contributed by atoms with Crippen molar-refractivity contribution in [3.63, 3.8) is 0 Å². The molecule has 0 saturated carbocycles. The predicted molar refractivity (Wildman–Crippen MR) is 146 cm³/mol. The summed E-state index contributed by atoms with van der Waals surface area (Å²) in [4.78, 5) is 38.2. The normalized spacial score (nSPS) is 13.2. The van der Waals surface area contributed by atoms with Gasteiger partial charge in [0.15, 0.2) is 0 Å². The molecule has 3 aromatic carbocycles. The van der Waals surface area contributed by atoms with Crippen molar-refractivity contribution < 1.29 is 24.2 Å². The number of hydrogen-bond donors (Lipinski definition) is 2. The maximum Gasteiger partial charge on any atom is 0.329 e. The average Bonchev–Trinajstić information content (AvgIpc) is 2.92. The molecule has 6 nitrogen and oxygen atoms in total. The van der Waals surface area contributed by atoms with E-state index in [-0.39, 0.29) is 12.3 Å². The Morgan fingerprint density at radius 3 is 1.76 bits per heavy atom. The third-order valence-corrected chi connectivity index (χ3v) is 7.24. The van der Waals surface area contributed by atoms with E-state index >= 15 is 0 Å². The van der Waals surface area contributed by atoms with E-state index in [2.05, 4.69) is 5.32 Å². The molecule has 0 saturated heterocycles. The Morgan fingerprint density at radius 1 is 0.784 bits per heavy atom. The number of carbonyl (C=O) groups excluding carboxylic acids is 2. The summed E-state index contributed by atoms with van der Waals surface area (Å²) in [7, 11) is 1.30. The second-order valence-corrected chi connectivity index (χ2v) is 9.96. The maximum absolute atomic E-state index is 13.5. The summed E-state index contributed by atoms with van der Waals surface area (Å²) in [5.41, 5.74) is 2.95. The van der Waals surface area contributed by atoms with Crippen molar-refractivity contribution in [2.45, 2.75) is 31.1 Å². The molecule has 194 valence electrons. The van der Waals surface area contributed by atoms with Gasteiger partial charge in [-0.25, -0.2) is 4.79 Å². The molecular formula is C30H33NO5S. The molecule has 0 aliphatic heterocycles. The van der Waals surface area contributed by atoms with E-state index in [1.807, 2.05) is 91.0 Å². The number of amides is 1. The fourth-order valence-electron chi connectivity index (χ4n) is 4.16. The first kappa shape index (κ1) is 28.0. The van der Waals surface area contributed by atoms with Gasteiger partial charge in [0.1, 0.15) is 6.04 Å². The molecule has 0 heterocycles. The van der Waals surface area contributed by atoms with Crippen LogP contribution in [0.2, 0.25) is 0 Å². The molecule has 3 rings (SSSR count). The molecule has 1 amide bonds. The van der Waals surface area contributed by atoms with Gasteiger partial charge in [0, 0.05) is 17.4 Å². The van der Waals surface area contributed by atoms with E-state index in [0.29, 0.717) is 24.3 Å². The number of carbonyl (C=O) groups is 3. The largest absolute Gasteiger partial charge is 0.481 e. The van der Waals surface area contributed by atoms with Crippen LogP contribution in [0.15, 0.2) is 91.0 Å². The van der Waals surface area contributed by atoms with Crippen molar-refractivity contribution in [3.05, 3.63) is 108 Å². The predicted octanol–water partition coefficient (Wildman–Crippen LogP) is 4.77. The number of ether oxygens (including phenoxy) is 1. The van der Waals surface area contributed by atoms with E-state index in [0.717, 1.165) is 16.7 Å². The van der Waals surface area contributed by atoms with E-state index in [4.69, 9.17) is 4.74 Å². The highest BCUT2D eigenvalue weighted by atomic mass is 32.2. The summed E-state index contributed by atoms with van der Waals surface area (Å²) in [5.74, 6) is -2.15. The number of nitrogens with one attached hydrogen (secondary N) is 1. The molecule has 0 aromatic heterocycles. The second kappa shape index (κ2) is 14.9. The van der Waals surface area contributed by atoms with Crippen LogP contribution in [0, 0.1) is 11.8 Å². The first-order valence-corrected chi connectivity index (χ1v) is 13.4. The molecule has 0 aliphatic rings. The zero-order valence-corrected chi connectivity index (χ0v) is 21.7. The number of esters is 1. The van der Waals surface area contributed by atoms with Gasteiger partial charge in [0.05, 0.1) is 13.0 Å². The van der Waals surface area contributed by atoms with Crippen LogP contribution in [0.5, 0.6) is 0 Å². The molecule has 3 aromatic rings. The molecule has 2 N–H and O–H groups in total. The van der Waals surface area contributed by atoms with Crippen molar-refractivity contribution in [3.8, 4) is 0 Å². The minimum Gasteiger partial charge on any atom is -0.481 e. The fraction of sp³-hybridized carbons (Fsp3) is 0.300. The first-order valence-electron chi connectivity index (χ1n) is 12.3. The summed E-state index contributed by atoms with van der Waals surface area (Å²) in [6.07, 6.45) is 0.842. The topological polar surface area (TPSA) is 92.7 Å². The van der Waals surface area contributed by atoms with Crippen molar-refractivity contribution in [2.75, 3.05) is 12.9 Å². The van der Waals surface area contributed by atoms with E-state index < -0.39 is 29.8 Å². The molecule has 7 heteroatoms. The SMILES string of the molecule is COC(=O)[C@H](CSCc1ccccc1)NC(=O)C(Cc1ccccc1)CC(Cc1ccccc1)C(=O)O. The van der Waals surface area contributed by atoms with Crippen molar-refractivity contribution >= 4 is 29.6 Å². The van der Waals surface area contributed by atoms with Gasteiger partial charge in [0.25, 0.3) is 0 Å². The quantitative estimate of drug-likeness (QED) is 0.298. The molecule has 37 heavy (non-hydrogen) atoms. The molecule has 0 radical (unpaired) electrons. The minimum absolute atomic E-state index is 0.149. The van der Waals surface area contributed by atoms with E-state index in [1.54, 1.807) is 0 Å². The highest BCUT2D eigenvalue weighted by Crippen LogP contribution is 2.23. The van der Waals surface area contributed by atoms with Crippen LogP contribution in [0.4, 0.5) is 0 Å². The van der Waals surface area contributed by atoms with Gasteiger partial charge in [-0.1, -0.05) is 91.0 Å². The molecule has 0 aliphatic carbocycles. The lowest BCUT2D eigenvalue weighted by Crippen LogP contribution is -2.46. The Balaban J connectivity index is 1.73. The summed E-state index contributed by atoms with van der Waals surface area (Å²) in [5, 5.41) is 12.8. The Hall–Kier alpha value is -3.58. The van der Waals surface area contributed by atoms with Crippen molar-refractivity contribution in [2.24, 2.45) is 11.8 Å². The monoisotopic (exact) mass is 519 g/mol. The zero-order chi connectivity index (χ0) is 26.5. The Kier molecular flexibility index (Phi) is 11.2. The standard InChI is InChI=1S/C30H33NO5S/c1-36-30(35)27(21-37-20-24-15-9-4-10-16-24)31-28(32)25(17-22-11-5-2-6-12-22)19-26(29(33)34)18-23-13-7-3-8-14-23/h2-16,25-27H,17-21H2,1H3,(H,31,32)(H,33,34)/t25?,26?,27-/m0/s1. The van der Waals surface area contributed by atoms with Crippen LogP contribution >= 0.6 is 11.8 Å². The van der Waals surface area contributed by atoms with E-state index in [1.165, 1.54) is 18.9 Å². The van der Waals surface area contributed by atoms with Crippen LogP contribution in [0.3, 0.4) is 0 Å². The third-order valence-electron chi connectivity index (χ3n) is 6.14. The minimum atomic E-state index is -0.947. The Morgan fingerprint density at radius 2 is 1.27 bits per heavy atom. The molecule has 2 unspecified atom stereocenters. The molecule has 0 bridgehead atoms. The van der Waals surface area contributed by atoms with Gasteiger partial charge in [-0.2, -0.15) is 11.8 Å². The smallest absolute Gasteiger partial charge is 0.329 e. The Labute approximate surface area is 222 Å². The van der Waals surface area contributed by atoms with Gasteiger partial charge < -0.3 is 15.2 Å². The number of aliphatic carboxylic acids is 1. The highest BCUT2D eigenvalue weighted by molar-refractivity contribution is 7.98. The number of carboxylic acid groups (broad SMARTS) is 1. The van der Waals surface area contributed by atoms with Crippen molar-refractivity contribution in [1.29, 1.82) is 0 Å².